The van der Waals surface area contributed by atoms with Gasteiger partial charge in [0.05, 0.1) is 18.4 Å². The molecule has 1 saturated heterocycles. The maximum Gasteiger partial charge on any atom is 0.416 e. The van der Waals surface area contributed by atoms with Gasteiger partial charge in [-0.3, -0.25) is 4.79 Å². The number of benzene rings is 1. The summed E-state index contributed by atoms with van der Waals surface area (Å²) in [4.78, 5) is 16.3. The molecule has 1 aromatic carbocycles. The molecule has 1 N–H and O–H groups in total. The average molecular weight is 408 g/mol. The van der Waals surface area contributed by atoms with Crippen LogP contribution in [0.4, 0.5) is 13.2 Å². The third-order valence-electron chi connectivity index (χ3n) is 4.77. The van der Waals surface area contributed by atoms with Crippen LogP contribution in [-0.4, -0.2) is 37.3 Å². The summed E-state index contributed by atoms with van der Waals surface area (Å²) >= 11 is 0. The first-order valence-electron chi connectivity index (χ1n) is 9.53. The molecule has 3 rings (SSSR count). The summed E-state index contributed by atoms with van der Waals surface area (Å²) in [5.74, 6) is 0.635. The Hall–Kier alpha value is -2.61. The van der Waals surface area contributed by atoms with Crippen LogP contribution in [0, 0.1) is 5.92 Å². The lowest BCUT2D eigenvalue weighted by atomic mass is 10.0. The lowest BCUT2D eigenvalue weighted by molar-refractivity contribution is -0.137. The topological polar surface area (TPSA) is 60.5 Å². The van der Waals surface area contributed by atoms with Gasteiger partial charge in [0.1, 0.15) is 11.4 Å². The van der Waals surface area contributed by atoms with Gasteiger partial charge >= 0.3 is 6.18 Å². The van der Waals surface area contributed by atoms with E-state index >= 15 is 0 Å². The number of alkyl halides is 3. The number of halogens is 3. The van der Waals surface area contributed by atoms with E-state index in [2.05, 4.69) is 10.3 Å². The predicted octanol–water partition coefficient (Wildman–Crippen LogP) is 3.88. The van der Waals surface area contributed by atoms with E-state index in [1.165, 1.54) is 12.3 Å². The van der Waals surface area contributed by atoms with Crippen LogP contribution in [-0.2, 0) is 17.3 Å². The number of carbonyl (C=O) groups excluding carboxylic acids is 1. The van der Waals surface area contributed by atoms with E-state index < -0.39 is 11.7 Å². The van der Waals surface area contributed by atoms with Gasteiger partial charge in [0, 0.05) is 26.2 Å². The Balaban J connectivity index is 1.45. The smallest absolute Gasteiger partial charge is 0.416 e. The van der Waals surface area contributed by atoms with E-state index in [-0.39, 0.29) is 12.5 Å². The van der Waals surface area contributed by atoms with E-state index in [1.54, 1.807) is 18.2 Å². The van der Waals surface area contributed by atoms with Crippen LogP contribution >= 0.6 is 0 Å². The van der Waals surface area contributed by atoms with Crippen LogP contribution < -0.4 is 10.1 Å². The molecule has 5 nitrogen and oxygen atoms in total. The van der Waals surface area contributed by atoms with Crippen LogP contribution in [0.1, 0.15) is 34.5 Å². The second kappa shape index (κ2) is 9.73. The first-order chi connectivity index (χ1) is 13.9. The van der Waals surface area contributed by atoms with Gasteiger partial charge in [-0.15, -0.1) is 0 Å². The van der Waals surface area contributed by atoms with Gasteiger partial charge in [0.15, 0.2) is 0 Å². The summed E-state index contributed by atoms with van der Waals surface area (Å²) in [6.07, 6.45) is -0.715. The molecule has 2 heterocycles. The molecule has 2 aromatic rings. The first kappa shape index (κ1) is 21.1. The number of hydrogen-bond acceptors (Lipinski definition) is 4. The number of ether oxygens (including phenoxy) is 2. The van der Waals surface area contributed by atoms with Crippen molar-refractivity contribution < 1.29 is 27.4 Å². The fourth-order valence-corrected chi connectivity index (χ4v) is 3.07. The molecule has 1 amide bonds. The SMILES string of the molecule is O=C(NCC1CCOCC1)c1ccc(OCCc2cccc(C(F)(F)F)c2)cn1. The summed E-state index contributed by atoms with van der Waals surface area (Å²) in [5, 5.41) is 2.88. The van der Waals surface area contributed by atoms with E-state index in [0.29, 0.717) is 35.9 Å². The number of aromatic nitrogens is 1. The third-order valence-corrected chi connectivity index (χ3v) is 4.77. The summed E-state index contributed by atoms with van der Waals surface area (Å²) in [6, 6.07) is 8.37. The summed E-state index contributed by atoms with van der Waals surface area (Å²) in [6.45, 7) is 2.26. The molecule has 0 radical (unpaired) electrons. The van der Waals surface area contributed by atoms with Crippen molar-refractivity contribution >= 4 is 5.91 Å². The van der Waals surface area contributed by atoms with Crippen LogP contribution in [0.3, 0.4) is 0 Å². The average Bonchev–Trinajstić information content (AvgIpc) is 2.73. The highest BCUT2D eigenvalue weighted by Gasteiger charge is 2.30. The van der Waals surface area contributed by atoms with Crippen molar-refractivity contribution in [1.29, 1.82) is 0 Å². The van der Waals surface area contributed by atoms with Crippen LogP contribution in [0.15, 0.2) is 42.6 Å². The molecule has 0 unspecified atom stereocenters. The molecule has 0 saturated carbocycles. The summed E-state index contributed by atoms with van der Waals surface area (Å²) in [5.41, 5.74) is 0.159. The number of pyridine rings is 1. The molecule has 1 aliphatic heterocycles. The molecule has 29 heavy (non-hydrogen) atoms. The molecule has 8 heteroatoms. The molecule has 1 aromatic heterocycles. The standard InChI is InChI=1S/C21H23F3N2O3/c22-21(23,24)17-3-1-2-15(12-17)8-11-29-18-4-5-19(25-14-18)20(27)26-13-16-6-9-28-10-7-16/h1-5,12,14,16H,6-11,13H2,(H,26,27). The third kappa shape index (κ3) is 6.45. The fraction of sp³-hybridized carbons (Fsp3) is 0.429. The van der Waals surface area contributed by atoms with E-state index in [4.69, 9.17) is 9.47 Å². The second-order valence-electron chi connectivity index (χ2n) is 6.94. The van der Waals surface area contributed by atoms with Gasteiger partial charge in [-0.25, -0.2) is 4.98 Å². The number of hydrogen-bond donors (Lipinski definition) is 1. The van der Waals surface area contributed by atoms with Gasteiger partial charge in [0.2, 0.25) is 0 Å². The highest BCUT2D eigenvalue weighted by Crippen LogP contribution is 2.29. The molecule has 1 aliphatic rings. The Kier molecular flexibility index (Phi) is 7.09. The van der Waals surface area contributed by atoms with Crippen molar-refractivity contribution in [3.05, 3.63) is 59.4 Å². The number of nitrogens with one attached hydrogen (secondary N) is 1. The maximum absolute atomic E-state index is 12.7. The van der Waals surface area contributed by atoms with Crippen molar-refractivity contribution in [3.8, 4) is 5.75 Å². The van der Waals surface area contributed by atoms with E-state index in [0.717, 1.165) is 38.2 Å². The Morgan fingerprint density at radius 3 is 2.69 bits per heavy atom. The van der Waals surface area contributed by atoms with Gasteiger partial charge in [-0.1, -0.05) is 18.2 Å². The maximum atomic E-state index is 12.7. The predicted molar refractivity (Wildman–Crippen MR) is 101 cm³/mol. The number of carbonyl (C=O) groups is 1. The fourth-order valence-electron chi connectivity index (χ4n) is 3.07. The lowest BCUT2D eigenvalue weighted by Crippen LogP contribution is -2.32. The highest BCUT2D eigenvalue weighted by atomic mass is 19.4. The molecule has 0 aliphatic carbocycles. The highest BCUT2D eigenvalue weighted by molar-refractivity contribution is 5.92. The molecule has 0 spiro atoms. The largest absolute Gasteiger partial charge is 0.492 e. The molecule has 156 valence electrons. The zero-order chi connectivity index (χ0) is 20.7. The lowest BCUT2D eigenvalue weighted by Gasteiger charge is -2.22. The first-order valence-corrected chi connectivity index (χ1v) is 9.53. The second-order valence-corrected chi connectivity index (χ2v) is 6.94. The van der Waals surface area contributed by atoms with E-state index in [9.17, 15) is 18.0 Å². The Bertz CT molecular complexity index is 804. The Labute approximate surface area is 167 Å². The Morgan fingerprint density at radius 1 is 1.21 bits per heavy atom. The van der Waals surface area contributed by atoms with Crippen molar-refractivity contribution in [2.24, 2.45) is 5.92 Å². The van der Waals surface area contributed by atoms with Gasteiger partial charge in [-0.2, -0.15) is 13.2 Å². The summed E-state index contributed by atoms with van der Waals surface area (Å²) in [7, 11) is 0. The minimum Gasteiger partial charge on any atom is -0.492 e. The minimum atomic E-state index is -4.36. The molecular weight excluding hydrogens is 385 g/mol. The quantitative estimate of drug-likeness (QED) is 0.756. The summed E-state index contributed by atoms with van der Waals surface area (Å²) < 4.78 is 49.1. The zero-order valence-electron chi connectivity index (χ0n) is 15.9. The van der Waals surface area contributed by atoms with E-state index in [1.807, 2.05) is 0 Å². The van der Waals surface area contributed by atoms with Crippen LogP contribution in [0.5, 0.6) is 5.75 Å². The van der Waals surface area contributed by atoms with Gasteiger partial charge in [-0.05, 0) is 42.5 Å². The van der Waals surface area contributed by atoms with Crippen LogP contribution in [0.25, 0.3) is 0 Å². The van der Waals surface area contributed by atoms with Crippen LogP contribution in [0.2, 0.25) is 0 Å². The number of rotatable bonds is 7. The molecule has 0 atom stereocenters. The van der Waals surface area contributed by atoms with Crippen molar-refractivity contribution in [3.63, 3.8) is 0 Å². The molecule has 1 fully saturated rings. The van der Waals surface area contributed by atoms with Crippen molar-refractivity contribution in [2.75, 3.05) is 26.4 Å². The van der Waals surface area contributed by atoms with Crippen molar-refractivity contribution in [2.45, 2.75) is 25.4 Å². The molecular formula is C21H23F3N2O3. The number of nitrogens with zero attached hydrogens (tertiary/aromatic N) is 1. The molecule has 0 bridgehead atoms. The monoisotopic (exact) mass is 408 g/mol. The van der Waals surface area contributed by atoms with Crippen molar-refractivity contribution in [1.82, 2.24) is 10.3 Å². The number of amides is 1. The normalized spacial score (nSPS) is 15.1. The van der Waals surface area contributed by atoms with Gasteiger partial charge in [0.25, 0.3) is 5.91 Å². The Morgan fingerprint density at radius 2 is 2.00 bits per heavy atom. The minimum absolute atomic E-state index is 0.207. The van der Waals surface area contributed by atoms with Gasteiger partial charge < -0.3 is 14.8 Å². The zero-order valence-corrected chi connectivity index (χ0v) is 15.9.